The highest BCUT2D eigenvalue weighted by Crippen LogP contribution is 2.24. The first-order valence-corrected chi connectivity index (χ1v) is 10.1. The number of aryl methyl sites for hydroxylation is 1. The smallest absolute Gasteiger partial charge is 0.262 e. The molecule has 3 aromatic rings. The van der Waals surface area contributed by atoms with Crippen LogP contribution in [0, 0.1) is 6.92 Å². The van der Waals surface area contributed by atoms with Crippen molar-refractivity contribution in [2.45, 2.75) is 25.0 Å². The first kappa shape index (κ1) is 20.4. The Morgan fingerprint density at radius 1 is 1.29 bits per heavy atom. The summed E-state index contributed by atoms with van der Waals surface area (Å²) in [6.45, 7) is 2.22. The zero-order chi connectivity index (χ0) is 20.1. The number of para-hydroxylation sites is 1. The summed E-state index contributed by atoms with van der Waals surface area (Å²) < 4.78 is 1.51. The van der Waals surface area contributed by atoms with Crippen molar-refractivity contribution >= 4 is 45.9 Å². The Labute approximate surface area is 171 Å². The van der Waals surface area contributed by atoms with Gasteiger partial charge in [-0.1, -0.05) is 41.6 Å². The molecule has 146 valence electrons. The molecule has 3 rings (SSSR count). The van der Waals surface area contributed by atoms with Crippen LogP contribution in [-0.4, -0.2) is 32.9 Å². The summed E-state index contributed by atoms with van der Waals surface area (Å²) in [7, 11) is 0. The van der Waals surface area contributed by atoms with E-state index in [0.717, 1.165) is 5.56 Å². The second kappa shape index (κ2) is 9.23. The topological polar surface area (TPSA) is 84.2 Å². The lowest BCUT2D eigenvalue weighted by molar-refractivity contribution is -0.113. The van der Waals surface area contributed by atoms with Crippen LogP contribution in [0.4, 0.5) is 5.69 Å². The van der Waals surface area contributed by atoms with Crippen molar-refractivity contribution in [2.75, 3.05) is 17.7 Å². The molecule has 0 spiro atoms. The van der Waals surface area contributed by atoms with Crippen molar-refractivity contribution in [1.82, 2.24) is 9.55 Å². The van der Waals surface area contributed by atoms with Crippen molar-refractivity contribution in [2.24, 2.45) is 0 Å². The van der Waals surface area contributed by atoms with Crippen molar-refractivity contribution in [1.29, 1.82) is 0 Å². The summed E-state index contributed by atoms with van der Waals surface area (Å²) in [6, 6.07) is 12.5. The number of aromatic nitrogens is 2. The number of nitrogens with zero attached hydrogens (tertiary/aromatic N) is 2. The minimum atomic E-state index is -0.244. The van der Waals surface area contributed by atoms with Crippen LogP contribution in [0.15, 0.2) is 52.4 Å². The number of carbonyl (C=O) groups excluding carboxylic acids is 1. The van der Waals surface area contributed by atoms with Crippen molar-refractivity contribution in [3.63, 3.8) is 0 Å². The highest BCUT2D eigenvalue weighted by molar-refractivity contribution is 7.99. The lowest BCUT2D eigenvalue weighted by Gasteiger charge is -2.13. The molecule has 0 atom stereocenters. The maximum atomic E-state index is 12.8. The maximum absolute atomic E-state index is 12.8. The predicted molar refractivity (Wildman–Crippen MR) is 113 cm³/mol. The van der Waals surface area contributed by atoms with Crippen LogP contribution < -0.4 is 10.9 Å². The highest BCUT2D eigenvalue weighted by atomic mass is 35.5. The summed E-state index contributed by atoms with van der Waals surface area (Å²) in [5.74, 6) is -0.166. The molecule has 1 aromatic heterocycles. The molecule has 0 radical (unpaired) electrons. The third kappa shape index (κ3) is 4.73. The molecule has 8 heteroatoms. The summed E-state index contributed by atoms with van der Waals surface area (Å²) in [5, 5.41) is 13.3. The lowest BCUT2D eigenvalue weighted by Crippen LogP contribution is -2.24. The van der Waals surface area contributed by atoms with Gasteiger partial charge in [-0.05, 0) is 43.2 Å². The van der Waals surface area contributed by atoms with E-state index in [1.54, 1.807) is 30.3 Å². The molecule has 0 aliphatic carbocycles. The van der Waals surface area contributed by atoms with Gasteiger partial charge in [0.2, 0.25) is 5.91 Å². The molecule has 0 aliphatic rings. The number of benzene rings is 2. The molecule has 0 aliphatic heterocycles. The molecule has 6 nitrogen and oxygen atoms in total. The summed E-state index contributed by atoms with van der Waals surface area (Å²) in [6.07, 6.45) is 0.429. The van der Waals surface area contributed by atoms with E-state index in [1.807, 2.05) is 19.1 Å². The fourth-order valence-electron chi connectivity index (χ4n) is 2.72. The van der Waals surface area contributed by atoms with Crippen LogP contribution >= 0.6 is 23.4 Å². The number of halogens is 1. The Bertz CT molecular complexity index is 1070. The molecule has 2 aromatic carbocycles. The number of nitrogens with one attached hydrogen (secondary N) is 1. The fourth-order valence-corrected chi connectivity index (χ4v) is 3.83. The van der Waals surface area contributed by atoms with Crippen LogP contribution in [-0.2, 0) is 11.3 Å². The van der Waals surface area contributed by atoms with Crippen LogP contribution in [0.2, 0.25) is 5.02 Å². The quantitative estimate of drug-likeness (QED) is 0.454. The van der Waals surface area contributed by atoms with E-state index >= 15 is 0 Å². The molecule has 0 fully saturated rings. The predicted octanol–water partition coefficient (Wildman–Crippen LogP) is 3.47. The number of hydrogen-bond acceptors (Lipinski definition) is 5. The summed E-state index contributed by atoms with van der Waals surface area (Å²) in [4.78, 5) is 29.7. The van der Waals surface area contributed by atoms with Crippen LogP contribution in [0.5, 0.6) is 0 Å². The molecule has 0 unspecified atom stereocenters. The van der Waals surface area contributed by atoms with Gasteiger partial charge in [-0.2, -0.15) is 0 Å². The zero-order valence-electron chi connectivity index (χ0n) is 15.3. The van der Waals surface area contributed by atoms with Gasteiger partial charge in [0.1, 0.15) is 0 Å². The molecule has 0 saturated heterocycles. The van der Waals surface area contributed by atoms with E-state index in [1.165, 1.54) is 16.3 Å². The molecule has 2 N–H and O–H groups in total. The molecule has 0 saturated carbocycles. The van der Waals surface area contributed by atoms with Gasteiger partial charge in [0.15, 0.2) is 5.16 Å². The number of carbonyl (C=O) groups is 1. The van der Waals surface area contributed by atoms with Gasteiger partial charge in [-0.25, -0.2) is 4.98 Å². The molecule has 1 amide bonds. The fraction of sp³-hybridized carbons (Fsp3) is 0.250. The van der Waals surface area contributed by atoms with Crippen LogP contribution in [0.3, 0.4) is 0 Å². The van der Waals surface area contributed by atoms with Gasteiger partial charge in [0.25, 0.3) is 5.56 Å². The van der Waals surface area contributed by atoms with Gasteiger partial charge >= 0.3 is 0 Å². The van der Waals surface area contributed by atoms with E-state index in [4.69, 9.17) is 16.7 Å². The van der Waals surface area contributed by atoms with Gasteiger partial charge in [-0.3, -0.25) is 14.2 Å². The molecular formula is C20H20ClN3O3S. The van der Waals surface area contributed by atoms with Gasteiger partial charge in [0.05, 0.1) is 27.4 Å². The number of amides is 1. The summed E-state index contributed by atoms with van der Waals surface area (Å²) >= 11 is 7.33. The van der Waals surface area contributed by atoms with Crippen LogP contribution in [0.1, 0.15) is 12.0 Å². The molecule has 1 heterocycles. The normalized spacial score (nSPS) is 11.0. The minimum absolute atomic E-state index is 0.0320. The number of hydrogen-bond donors (Lipinski definition) is 2. The van der Waals surface area contributed by atoms with Crippen molar-refractivity contribution in [3.05, 3.63) is 63.4 Å². The third-order valence-electron chi connectivity index (χ3n) is 4.10. The summed E-state index contributed by atoms with van der Waals surface area (Å²) in [5.41, 5.74) is 1.95. The molecule has 28 heavy (non-hydrogen) atoms. The number of rotatable bonds is 7. The maximum Gasteiger partial charge on any atom is 0.262 e. The Morgan fingerprint density at radius 2 is 2.07 bits per heavy atom. The average molecular weight is 418 g/mol. The Kier molecular flexibility index (Phi) is 6.72. The number of thioether (sulfide) groups is 1. The highest BCUT2D eigenvalue weighted by Gasteiger charge is 2.14. The number of fused-ring (bicyclic) bond motifs is 1. The van der Waals surface area contributed by atoms with Gasteiger partial charge < -0.3 is 10.4 Å². The second-order valence-corrected chi connectivity index (χ2v) is 7.62. The molecular weight excluding hydrogens is 398 g/mol. The van der Waals surface area contributed by atoms with E-state index < -0.39 is 0 Å². The number of aliphatic hydroxyl groups excluding tert-OH is 1. The van der Waals surface area contributed by atoms with E-state index in [2.05, 4.69) is 10.3 Å². The zero-order valence-corrected chi connectivity index (χ0v) is 16.9. The Balaban J connectivity index is 1.80. The number of aliphatic hydroxyl groups is 1. The standard InChI is InChI=1S/C20H20ClN3O3S/c1-13-7-8-17(15(21)11-13)22-18(26)12-28-20-23-16-6-3-2-5-14(16)19(27)24(20)9-4-10-25/h2-3,5-8,11,25H,4,9-10,12H2,1H3,(H,22,26). The van der Waals surface area contributed by atoms with Crippen LogP contribution in [0.25, 0.3) is 10.9 Å². The van der Waals surface area contributed by atoms with Gasteiger partial charge in [0, 0.05) is 13.2 Å². The SMILES string of the molecule is Cc1ccc(NC(=O)CSc2nc3ccccc3c(=O)n2CCCO)c(Cl)c1. The third-order valence-corrected chi connectivity index (χ3v) is 5.39. The monoisotopic (exact) mass is 417 g/mol. The van der Waals surface area contributed by atoms with E-state index in [0.29, 0.717) is 39.7 Å². The number of anilines is 1. The first-order valence-electron chi connectivity index (χ1n) is 8.79. The molecule has 0 bridgehead atoms. The Hall–Kier alpha value is -2.35. The van der Waals surface area contributed by atoms with Crippen molar-refractivity contribution in [3.8, 4) is 0 Å². The largest absolute Gasteiger partial charge is 0.396 e. The Morgan fingerprint density at radius 3 is 2.82 bits per heavy atom. The van der Waals surface area contributed by atoms with E-state index in [-0.39, 0.29) is 23.8 Å². The minimum Gasteiger partial charge on any atom is -0.396 e. The first-order chi connectivity index (χ1) is 13.5. The second-order valence-electron chi connectivity index (χ2n) is 6.27. The van der Waals surface area contributed by atoms with E-state index in [9.17, 15) is 9.59 Å². The van der Waals surface area contributed by atoms with Crippen molar-refractivity contribution < 1.29 is 9.90 Å². The lowest BCUT2D eigenvalue weighted by atomic mass is 10.2. The average Bonchev–Trinajstić information content (AvgIpc) is 2.68. The van der Waals surface area contributed by atoms with Gasteiger partial charge in [-0.15, -0.1) is 0 Å².